The standard InChI is InChI=1S/C24H27F3N2O3/c25-24(26,27)20-9-5-17(6-10-20)16-28-15-3-1-2-4-21(30)29-23(13-14-23)19-11-7-18(8-12-19)22(31)32/h5-12,28H,1-4,13-16H2,(H,29,30)(H,31,32). The number of carbonyl (C=O) groups is 2. The Balaban J connectivity index is 1.30. The molecule has 0 atom stereocenters. The fourth-order valence-electron chi connectivity index (χ4n) is 3.63. The van der Waals surface area contributed by atoms with Crippen LogP contribution in [0.5, 0.6) is 0 Å². The highest BCUT2D eigenvalue weighted by Crippen LogP contribution is 2.45. The fourth-order valence-corrected chi connectivity index (χ4v) is 3.63. The number of alkyl halides is 3. The van der Waals surface area contributed by atoms with Crippen molar-refractivity contribution in [2.75, 3.05) is 6.54 Å². The van der Waals surface area contributed by atoms with Crippen LogP contribution < -0.4 is 10.6 Å². The zero-order valence-corrected chi connectivity index (χ0v) is 17.7. The van der Waals surface area contributed by atoms with Crippen LogP contribution in [0.15, 0.2) is 48.5 Å². The van der Waals surface area contributed by atoms with Gasteiger partial charge in [-0.3, -0.25) is 4.79 Å². The minimum Gasteiger partial charge on any atom is -0.478 e. The quantitative estimate of drug-likeness (QED) is 0.429. The molecule has 1 fully saturated rings. The first-order chi connectivity index (χ1) is 15.2. The maximum atomic E-state index is 12.6. The number of unbranched alkanes of at least 4 members (excludes halogenated alkanes) is 2. The molecule has 0 aromatic heterocycles. The molecule has 3 rings (SSSR count). The van der Waals surface area contributed by atoms with E-state index in [9.17, 15) is 22.8 Å². The van der Waals surface area contributed by atoms with Crippen molar-refractivity contribution in [3.63, 3.8) is 0 Å². The smallest absolute Gasteiger partial charge is 0.416 e. The number of rotatable bonds is 11. The lowest BCUT2D eigenvalue weighted by atomic mass is 10.0. The summed E-state index contributed by atoms with van der Waals surface area (Å²) in [6.45, 7) is 1.23. The van der Waals surface area contributed by atoms with Crippen LogP contribution >= 0.6 is 0 Å². The minimum atomic E-state index is -4.32. The van der Waals surface area contributed by atoms with Crippen molar-refractivity contribution >= 4 is 11.9 Å². The number of hydrogen-bond donors (Lipinski definition) is 3. The topological polar surface area (TPSA) is 78.4 Å². The Labute approximate surface area is 185 Å². The summed E-state index contributed by atoms with van der Waals surface area (Å²) in [5.74, 6) is -0.984. The molecule has 1 aliphatic rings. The number of nitrogens with one attached hydrogen (secondary N) is 2. The number of hydrogen-bond acceptors (Lipinski definition) is 3. The molecule has 0 bridgehead atoms. The molecule has 0 spiro atoms. The minimum absolute atomic E-state index is 0.0116. The molecule has 2 aromatic rings. The Hall–Kier alpha value is -2.87. The second-order valence-corrected chi connectivity index (χ2v) is 8.19. The van der Waals surface area contributed by atoms with Crippen LogP contribution in [0.3, 0.4) is 0 Å². The molecular formula is C24H27F3N2O3. The number of carboxylic acid groups (broad SMARTS) is 1. The maximum absolute atomic E-state index is 12.6. The van der Waals surface area contributed by atoms with Gasteiger partial charge in [-0.25, -0.2) is 4.79 Å². The first-order valence-electron chi connectivity index (χ1n) is 10.7. The summed E-state index contributed by atoms with van der Waals surface area (Å²) < 4.78 is 37.7. The lowest BCUT2D eigenvalue weighted by Gasteiger charge is -2.18. The van der Waals surface area contributed by atoms with Gasteiger partial charge in [0.05, 0.1) is 16.7 Å². The second kappa shape index (κ2) is 10.2. The molecule has 0 saturated heterocycles. The van der Waals surface area contributed by atoms with E-state index >= 15 is 0 Å². The van der Waals surface area contributed by atoms with E-state index in [1.165, 1.54) is 12.1 Å². The Morgan fingerprint density at radius 1 is 0.938 bits per heavy atom. The van der Waals surface area contributed by atoms with Crippen LogP contribution in [0.4, 0.5) is 13.2 Å². The third kappa shape index (κ3) is 6.56. The third-order valence-corrected chi connectivity index (χ3v) is 5.68. The monoisotopic (exact) mass is 448 g/mol. The van der Waals surface area contributed by atoms with Crippen molar-refractivity contribution in [1.29, 1.82) is 0 Å². The third-order valence-electron chi connectivity index (χ3n) is 5.68. The Morgan fingerprint density at radius 3 is 2.16 bits per heavy atom. The Kier molecular flexibility index (Phi) is 7.56. The van der Waals surface area contributed by atoms with Gasteiger partial charge >= 0.3 is 12.1 Å². The summed E-state index contributed by atoms with van der Waals surface area (Å²) in [5, 5.41) is 15.3. The van der Waals surface area contributed by atoms with E-state index in [1.807, 2.05) is 0 Å². The summed E-state index contributed by atoms with van der Waals surface area (Å²) in [4.78, 5) is 23.3. The molecule has 0 radical (unpaired) electrons. The predicted molar refractivity (Wildman–Crippen MR) is 114 cm³/mol. The van der Waals surface area contributed by atoms with Gasteiger partial charge in [-0.15, -0.1) is 0 Å². The molecule has 32 heavy (non-hydrogen) atoms. The molecule has 1 saturated carbocycles. The van der Waals surface area contributed by atoms with Gasteiger partial charge in [0, 0.05) is 13.0 Å². The molecular weight excluding hydrogens is 421 g/mol. The Morgan fingerprint density at radius 2 is 1.59 bits per heavy atom. The van der Waals surface area contributed by atoms with Gasteiger partial charge in [0.15, 0.2) is 0 Å². The number of amides is 1. The summed E-state index contributed by atoms with van der Waals surface area (Å²) >= 11 is 0. The van der Waals surface area contributed by atoms with Gasteiger partial charge in [-0.1, -0.05) is 30.7 Å². The van der Waals surface area contributed by atoms with Crippen molar-refractivity contribution in [2.45, 2.75) is 56.8 Å². The maximum Gasteiger partial charge on any atom is 0.416 e. The second-order valence-electron chi connectivity index (χ2n) is 8.19. The fraction of sp³-hybridized carbons (Fsp3) is 0.417. The van der Waals surface area contributed by atoms with Crippen molar-refractivity contribution in [2.24, 2.45) is 0 Å². The molecule has 1 aliphatic carbocycles. The zero-order chi connectivity index (χ0) is 23.2. The molecule has 0 aliphatic heterocycles. The highest BCUT2D eigenvalue weighted by atomic mass is 19.4. The molecule has 1 amide bonds. The number of benzene rings is 2. The molecule has 3 N–H and O–H groups in total. The van der Waals surface area contributed by atoms with Crippen molar-refractivity contribution in [3.8, 4) is 0 Å². The van der Waals surface area contributed by atoms with Gasteiger partial charge < -0.3 is 15.7 Å². The van der Waals surface area contributed by atoms with E-state index in [2.05, 4.69) is 10.6 Å². The largest absolute Gasteiger partial charge is 0.478 e. The zero-order valence-electron chi connectivity index (χ0n) is 17.7. The average molecular weight is 448 g/mol. The highest BCUT2D eigenvalue weighted by molar-refractivity contribution is 5.87. The summed E-state index contributed by atoms with van der Waals surface area (Å²) in [5.41, 5.74) is 0.941. The normalized spacial score (nSPS) is 14.7. The Bertz CT molecular complexity index is 921. The van der Waals surface area contributed by atoms with E-state index in [-0.39, 0.29) is 17.0 Å². The number of carboxylic acids is 1. The van der Waals surface area contributed by atoms with Gasteiger partial charge in [0.2, 0.25) is 5.91 Å². The first-order valence-corrected chi connectivity index (χ1v) is 10.7. The molecule has 8 heteroatoms. The lowest BCUT2D eigenvalue weighted by Crippen LogP contribution is -2.34. The summed E-state index contributed by atoms with van der Waals surface area (Å²) in [6, 6.07) is 11.8. The van der Waals surface area contributed by atoms with E-state index in [4.69, 9.17) is 5.11 Å². The molecule has 0 unspecified atom stereocenters. The van der Waals surface area contributed by atoms with Crippen LogP contribution in [-0.2, 0) is 23.1 Å². The van der Waals surface area contributed by atoms with E-state index in [0.29, 0.717) is 13.0 Å². The van der Waals surface area contributed by atoms with Crippen LogP contribution in [0, 0.1) is 0 Å². The van der Waals surface area contributed by atoms with E-state index < -0.39 is 17.7 Å². The van der Waals surface area contributed by atoms with E-state index in [0.717, 1.165) is 61.9 Å². The average Bonchev–Trinajstić information content (AvgIpc) is 3.53. The van der Waals surface area contributed by atoms with Crippen molar-refractivity contribution in [3.05, 3.63) is 70.8 Å². The SMILES string of the molecule is O=C(CCCCCNCc1ccc(C(F)(F)F)cc1)NC1(c2ccc(C(=O)O)cc2)CC1. The summed E-state index contributed by atoms with van der Waals surface area (Å²) in [7, 11) is 0. The number of carbonyl (C=O) groups excluding carboxylic acids is 1. The highest BCUT2D eigenvalue weighted by Gasteiger charge is 2.45. The predicted octanol–water partition coefficient (Wildman–Crippen LogP) is 4.86. The van der Waals surface area contributed by atoms with Crippen LogP contribution in [0.25, 0.3) is 0 Å². The van der Waals surface area contributed by atoms with Crippen LogP contribution in [-0.4, -0.2) is 23.5 Å². The van der Waals surface area contributed by atoms with Crippen LogP contribution in [0.2, 0.25) is 0 Å². The molecule has 2 aromatic carbocycles. The number of aromatic carboxylic acids is 1. The summed E-state index contributed by atoms with van der Waals surface area (Å²) in [6.07, 6.45) is 0.291. The molecule has 0 heterocycles. The first kappa shape index (κ1) is 23.8. The van der Waals surface area contributed by atoms with Gasteiger partial charge in [-0.2, -0.15) is 13.2 Å². The van der Waals surface area contributed by atoms with Gasteiger partial charge in [0.1, 0.15) is 0 Å². The molecule has 172 valence electrons. The van der Waals surface area contributed by atoms with Crippen LogP contribution in [0.1, 0.15) is 65.6 Å². The van der Waals surface area contributed by atoms with Gasteiger partial charge in [0.25, 0.3) is 0 Å². The lowest BCUT2D eigenvalue weighted by molar-refractivity contribution is -0.137. The number of halogens is 3. The van der Waals surface area contributed by atoms with Gasteiger partial charge in [-0.05, 0) is 67.6 Å². The van der Waals surface area contributed by atoms with Crippen molar-refractivity contribution in [1.82, 2.24) is 10.6 Å². The van der Waals surface area contributed by atoms with E-state index in [1.54, 1.807) is 24.3 Å². The van der Waals surface area contributed by atoms with Crippen molar-refractivity contribution < 1.29 is 27.9 Å². The molecule has 5 nitrogen and oxygen atoms in total.